The second-order valence-corrected chi connectivity index (χ2v) is 7.45. The van der Waals surface area contributed by atoms with E-state index < -0.39 is 0 Å². The summed E-state index contributed by atoms with van der Waals surface area (Å²) in [7, 11) is 0. The second kappa shape index (κ2) is 7.09. The summed E-state index contributed by atoms with van der Waals surface area (Å²) in [5.41, 5.74) is 3.25. The maximum Gasteiger partial charge on any atom is 0.226 e. The van der Waals surface area contributed by atoms with Crippen LogP contribution in [-0.4, -0.2) is 45.0 Å². The molecule has 1 saturated heterocycles. The van der Waals surface area contributed by atoms with Crippen LogP contribution in [0.1, 0.15) is 42.2 Å². The molecule has 1 aliphatic carbocycles. The van der Waals surface area contributed by atoms with E-state index in [1.165, 1.54) is 0 Å². The Morgan fingerprint density at radius 2 is 2.00 bits per heavy atom. The zero-order valence-electron chi connectivity index (χ0n) is 15.5. The molecule has 4 rings (SSSR count). The van der Waals surface area contributed by atoms with Crippen molar-refractivity contribution in [2.24, 2.45) is 5.92 Å². The standard InChI is InChI=1S/C20H26N4O2/c1-13-4-3-5-19(21-13)26-16-8-10-24(11-9-16)20(25)15-6-7-17-18(12-15)23-14(2)22-17/h3-5,15-16H,6-12H2,1-2H3,(H,22,23). The van der Waals surface area contributed by atoms with Crippen LogP contribution in [0.4, 0.5) is 0 Å². The van der Waals surface area contributed by atoms with E-state index >= 15 is 0 Å². The Labute approximate surface area is 154 Å². The van der Waals surface area contributed by atoms with Gasteiger partial charge in [0.15, 0.2) is 0 Å². The van der Waals surface area contributed by atoms with Gasteiger partial charge >= 0.3 is 0 Å². The number of hydrogen-bond donors (Lipinski definition) is 1. The third-order valence-corrected chi connectivity index (χ3v) is 5.42. The van der Waals surface area contributed by atoms with Gasteiger partial charge in [-0.25, -0.2) is 9.97 Å². The molecule has 6 heteroatoms. The number of pyridine rings is 1. The highest BCUT2D eigenvalue weighted by Gasteiger charge is 2.32. The lowest BCUT2D eigenvalue weighted by Crippen LogP contribution is -2.45. The Morgan fingerprint density at radius 3 is 2.77 bits per heavy atom. The van der Waals surface area contributed by atoms with Gasteiger partial charge in [-0.05, 0) is 32.8 Å². The lowest BCUT2D eigenvalue weighted by atomic mass is 9.88. The average molecular weight is 354 g/mol. The van der Waals surface area contributed by atoms with Crippen molar-refractivity contribution in [1.29, 1.82) is 0 Å². The maximum absolute atomic E-state index is 12.9. The van der Waals surface area contributed by atoms with Crippen LogP contribution in [0.5, 0.6) is 5.88 Å². The molecule has 0 radical (unpaired) electrons. The zero-order valence-corrected chi connectivity index (χ0v) is 15.5. The van der Waals surface area contributed by atoms with Crippen molar-refractivity contribution in [1.82, 2.24) is 19.9 Å². The predicted molar refractivity (Wildman–Crippen MR) is 98.0 cm³/mol. The van der Waals surface area contributed by atoms with Gasteiger partial charge < -0.3 is 14.6 Å². The fourth-order valence-electron chi connectivity index (χ4n) is 4.04. The SMILES string of the molecule is Cc1cccc(OC2CCN(C(=O)C3CCc4nc(C)[nH]c4C3)CC2)n1. The molecule has 2 aromatic heterocycles. The van der Waals surface area contributed by atoms with E-state index in [1.807, 2.05) is 36.9 Å². The number of carbonyl (C=O) groups excluding carboxylic acids is 1. The van der Waals surface area contributed by atoms with Crippen LogP contribution in [0.2, 0.25) is 0 Å². The molecular formula is C20H26N4O2. The number of rotatable bonds is 3. The molecule has 0 saturated carbocycles. The van der Waals surface area contributed by atoms with E-state index in [4.69, 9.17) is 4.74 Å². The molecule has 1 amide bonds. The molecule has 0 spiro atoms. The molecule has 138 valence electrons. The number of hydrogen-bond acceptors (Lipinski definition) is 4. The number of likely N-dealkylation sites (tertiary alicyclic amines) is 1. The van der Waals surface area contributed by atoms with Gasteiger partial charge in [0.05, 0.1) is 5.69 Å². The van der Waals surface area contributed by atoms with Crippen molar-refractivity contribution < 1.29 is 9.53 Å². The maximum atomic E-state index is 12.9. The summed E-state index contributed by atoms with van der Waals surface area (Å²) in [4.78, 5) is 27.2. The first kappa shape index (κ1) is 17.1. The quantitative estimate of drug-likeness (QED) is 0.920. The first-order chi connectivity index (χ1) is 12.6. The number of imidazole rings is 1. The first-order valence-corrected chi connectivity index (χ1v) is 9.52. The Kier molecular flexibility index (Phi) is 4.66. The van der Waals surface area contributed by atoms with Crippen molar-refractivity contribution in [3.8, 4) is 5.88 Å². The summed E-state index contributed by atoms with van der Waals surface area (Å²) in [5, 5.41) is 0. The number of amides is 1. The Hall–Kier alpha value is -2.37. The number of nitrogens with zero attached hydrogens (tertiary/aromatic N) is 3. The minimum Gasteiger partial charge on any atom is -0.474 e. The van der Waals surface area contributed by atoms with Crippen LogP contribution in [0, 0.1) is 19.8 Å². The van der Waals surface area contributed by atoms with Crippen molar-refractivity contribution in [2.75, 3.05) is 13.1 Å². The van der Waals surface area contributed by atoms with Gasteiger partial charge in [-0.1, -0.05) is 6.07 Å². The highest BCUT2D eigenvalue weighted by molar-refractivity contribution is 5.79. The van der Waals surface area contributed by atoms with Crippen molar-refractivity contribution in [3.63, 3.8) is 0 Å². The molecule has 1 aliphatic heterocycles. The Bertz CT molecular complexity index is 793. The fraction of sp³-hybridized carbons (Fsp3) is 0.550. The summed E-state index contributed by atoms with van der Waals surface area (Å²) >= 11 is 0. The van der Waals surface area contributed by atoms with E-state index in [0.29, 0.717) is 5.88 Å². The molecule has 3 heterocycles. The van der Waals surface area contributed by atoms with Gasteiger partial charge in [0, 0.05) is 55.7 Å². The van der Waals surface area contributed by atoms with Crippen molar-refractivity contribution >= 4 is 5.91 Å². The van der Waals surface area contributed by atoms with E-state index in [1.54, 1.807) is 0 Å². The highest BCUT2D eigenvalue weighted by Crippen LogP contribution is 2.27. The van der Waals surface area contributed by atoms with Gasteiger partial charge in [0.25, 0.3) is 0 Å². The van der Waals surface area contributed by atoms with Crippen LogP contribution in [-0.2, 0) is 17.6 Å². The Balaban J connectivity index is 1.31. The molecule has 1 fully saturated rings. The van der Waals surface area contributed by atoms with Gasteiger partial charge in [0.2, 0.25) is 11.8 Å². The van der Waals surface area contributed by atoms with E-state index in [2.05, 4.69) is 15.0 Å². The number of aromatic amines is 1. The summed E-state index contributed by atoms with van der Waals surface area (Å²) in [6.45, 7) is 5.47. The monoisotopic (exact) mass is 354 g/mol. The molecule has 1 N–H and O–H groups in total. The minimum atomic E-state index is 0.0817. The van der Waals surface area contributed by atoms with Crippen LogP contribution in [0.15, 0.2) is 18.2 Å². The van der Waals surface area contributed by atoms with Crippen LogP contribution >= 0.6 is 0 Å². The summed E-state index contributed by atoms with van der Waals surface area (Å²) in [6.07, 6.45) is 4.46. The van der Waals surface area contributed by atoms with Crippen molar-refractivity contribution in [2.45, 2.75) is 52.1 Å². The summed E-state index contributed by atoms with van der Waals surface area (Å²) in [5.74, 6) is 2.00. The topological polar surface area (TPSA) is 71.1 Å². The number of ether oxygens (including phenoxy) is 1. The van der Waals surface area contributed by atoms with Gasteiger partial charge in [-0.2, -0.15) is 0 Å². The molecule has 0 aromatic carbocycles. The molecule has 2 aliphatic rings. The minimum absolute atomic E-state index is 0.0817. The van der Waals surface area contributed by atoms with Crippen LogP contribution < -0.4 is 4.74 Å². The smallest absolute Gasteiger partial charge is 0.226 e. The van der Waals surface area contributed by atoms with Crippen LogP contribution in [0.25, 0.3) is 0 Å². The lowest BCUT2D eigenvalue weighted by Gasteiger charge is -2.35. The predicted octanol–water partition coefficient (Wildman–Crippen LogP) is 2.60. The number of aryl methyl sites for hydroxylation is 3. The number of carbonyl (C=O) groups is 1. The molecule has 6 nitrogen and oxygen atoms in total. The zero-order chi connectivity index (χ0) is 18.1. The number of H-pyrrole nitrogens is 1. The number of fused-ring (bicyclic) bond motifs is 1. The summed E-state index contributed by atoms with van der Waals surface area (Å²) in [6, 6.07) is 5.83. The molecule has 26 heavy (non-hydrogen) atoms. The highest BCUT2D eigenvalue weighted by atomic mass is 16.5. The third-order valence-electron chi connectivity index (χ3n) is 5.42. The number of piperidine rings is 1. The van der Waals surface area contributed by atoms with Gasteiger partial charge in [-0.15, -0.1) is 0 Å². The lowest BCUT2D eigenvalue weighted by molar-refractivity contribution is -0.137. The van der Waals surface area contributed by atoms with E-state index in [0.717, 1.165) is 68.1 Å². The molecular weight excluding hydrogens is 328 g/mol. The molecule has 1 unspecified atom stereocenters. The van der Waals surface area contributed by atoms with Crippen LogP contribution in [0.3, 0.4) is 0 Å². The Morgan fingerprint density at radius 1 is 1.19 bits per heavy atom. The molecule has 2 aromatic rings. The van der Waals surface area contributed by atoms with Gasteiger partial charge in [-0.3, -0.25) is 4.79 Å². The fourth-order valence-corrected chi connectivity index (χ4v) is 4.04. The van der Waals surface area contributed by atoms with E-state index in [-0.39, 0.29) is 17.9 Å². The molecule has 1 atom stereocenters. The van der Waals surface area contributed by atoms with Crippen molar-refractivity contribution in [3.05, 3.63) is 41.1 Å². The number of aromatic nitrogens is 3. The van der Waals surface area contributed by atoms with E-state index in [9.17, 15) is 4.79 Å². The first-order valence-electron chi connectivity index (χ1n) is 9.52. The normalized spacial score (nSPS) is 20.7. The average Bonchev–Trinajstić information content (AvgIpc) is 3.01. The number of nitrogens with one attached hydrogen (secondary N) is 1. The third kappa shape index (κ3) is 3.59. The summed E-state index contributed by atoms with van der Waals surface area (Å²) < 4.78 is 6.00. The van der Waals surface area contributed by atoms with Gasteiger partial charge in [0.1, 0.15) is 11.9 Å². The largest absolute Gasteiger partial charge is 0.474 e. The molecule has 0 bridgehead atoms. The second-order valence-electron chi connectivity index (χ2n) is 7.45.